The maximum absolute atomic E-state index is 4.19. The van der Waals surface area contributed by atoms with Crippen molar-refractivity contribution in [2.24, 2.45) is 12.5 Å². The molecule has 1 aliphatic rings. The number of rotatable bonds is 5. The van der Waals surface area contributed by atoms with Crippen LogP contribution in [0.1, 0.15) is 32.6 Å². The van der Waals surface area contributed by atoms with Crippen LogP contribution in [0.2, 0.25) is 0 Å². The fourth-order valence-corrected chi connectivity index (χ4v) is 2.84. The van der Waals surface area contributed by atoms with Gasteiger partial charge in [0, 0.05) is 31.6 Å². The predicted octanol–water partition coefficient (Wildman–Crippen LogP) is 2.00. The van der Waals surface area contributed by atoms with Gasteiger partial charge in [0.15, 0.2) is 0 Å². The van der Waals surface area contributed by atoms with Crippen LogP contribution in [0.25, 0.3) is 0 Å². The van der Waals surface area contributed by atoms with Gasteiger partial charge in [-0.25, -0.2) is 0 Å². The Bertz CT molecular complexity index is 333. The first-order chi connectivity index (χ1) is 8.26. The third-order valence-electron chi connectivity index (χ3n) is 3.81. The molecule has 4 nitrogen and oxygen atoms in total. The summed E-state index contributed by atoms with van der Waals surface area (Å²) in [6.45, 7) is 5.65. The summed E-state index contributed by atoms with van der Waals surface area (Å²) in [6, 6.07) is 2.04. The molecule has 1 unspecified atom stereocenters. The van der Waals surface area contributed by atoms with Crippen LogP contribution in [0.3, 0.4) is 0 Å². The predicted molar refractivity (Wildman–Crippen MR) is 71.1 cm³/mol. The Labute approximate surface area is 104 Å². The van der Waals surface area contributed by atoms with E-state index >= 15 is 0 Å². The molecule has 4 heteroatoms. The maximum atomic E-state index is 4.19. The van der Waals surface area contributed by atoms with E-state index in [0.717, 1.165) is 18.9 Å². The van der Waals surface area contributed by atoms with Crippen LogP contribution in [0.4, 0.5) is 5.82 Å². The Kier molecular flexibility index (Phi) is 4.05. The highest BCUT2D eigenvalue weighted by atomic mass is 15.3. The summed E-state index contributed by atoms with van der Waals surface area (Å²) >= 11 is 0. The van der Waals surface area contributed by atoms with Crippen LogP contribution in [-0.4, -0.2) is 29.4 Å². The van der Waals surface area contributed by atoms with Crippen molar-refractivity contribution in [3.05, 3.63) is 12.3 Å². The van der Waals surface area contributed by atoms with Gasteiger partial charge >= 0.3 is 0 Å². The summed E-state index contributed by atoms with van der Waals surface area (Å²) < 4.78 is 1.90. The lowest BCUT2D eigenvalue weighted by Gasteiger charge is -2.38. The van der Waals surface area contributed by atoms with Crippen molar-refractivity contribution in [1.29, 1.82) is 0 Å². The largest absolute Gasteiger partial charge is 0.370 e. The highest BCUT2D eigenvalue weighted by molar-refractivity contribution is 5.33. The molecule has 1 fully saturated rings. The molecule has 0 aliphatic carbocycles. The Balaban J connectivity index is 1.95. The summed E-state index contributed by atoms with van der Waals surface area (Å²) in [4.78, 5) is 0. The van der Waals surface area contributed by atoms with Crippen molar-refractivity contribution < 1.29 is 0 Å². The minimum Gasteiger partial charge on any atom is -0.370 e. The standard InChI is InChI=1S/C13H24N4/c1-3-6-13(7-4-8-14-10-13)11-15-12-5-9-16-17(12)2/h5,9,14-15H,3-4,6-8,10-11H2,1-2H3. The third-order valence-corrected chi connectivity index (χ3v) is 3.81. The summed E-state index contributed by atoms with van der Waals surface area (Å²) in [5.74, 6) is 1.12. The van der Waals surface area contributed by atoms with E-state index < -0.39 is 0 Å². The van der Waals surface area contributed by atoms with Crippen molar-refractivity contribution >= 4 is 5.82 Å². The Morgan fingerprint density at radius 1 is 1.59 bits per heavy atom. The van der Waals surface area contributed by atoms with Crippen molar-refractivity contribution in [1.82, 2.24) is 15.1 Å². The van der Waals surface area contributed by atoms with Gasteiger partial charge < -0.3 is 10.6 Å². The molecule has 1 atom stereocenters. The van der Waals surface area contributed by atoms with Crippen molar-refractivity contribution in [3.63, 3.8) is 0 Å². The summed E-state index contributed by atoms with van der Waals surface area (Å²) in [6.07, 6.45) is 7.03. The highest BCUT2D eigenvalue weighted by Crippen LogP contribution is 2.31. The van der Waals surface area contributed by atoms with Gasteiger partial charge in [-0.3, -0.25) is 4.68 Å². The molecule has 2 heterocycles. The molecule has 0 aromatic carbocycles. The van der Waals surface area contributed by atoms with Gasteiger partial charge in [-0.05, 0) is 25.8 Å². The second-order valence-electron chi connectivity index (χ2n) is 5.22. The van der Waals surface area contributed by atoms with Crippen LogP contribution < -0.4 is 10.6 Å². The molecule has 0 amide bonds. The number of anilines is 1. The lowest BCUT2D eigenvalue weighted by Crippen LogP contribution is -2.44. The van der Waals surface area contributed by atoms with Crippen molar-refractivity contribution in [3.8, 4) is 0 Å². The summed E-state index contributed by atoms with van der Waals surface area (Å²) in [7, 11) is 1.98. The number of nitrogens with one attached hydrogen (secondary N) is 2. The van der Waals surface area contributed by atoms with E-state index in [1.54, 1.807) is 0 Å². The van der Waals surface area contributed by atoms with Gasteiger partial charge in [-0.1, -0.05) is 13.3 Å². The first-order valence-electron chi connectivity index (χ1n) is 6.68. The Morgan fingerprint density at radius 2 is 2.47 bits per heavy atom. The van der Waals surface area contributed by atoms with Crippen molar-refractivity contribution in [2.45, 2.75) is 32.6 Å². The molecular formula is C13H24N4. The zero-order valence-electron chi connectivity index (χ0n) is 11.0. The number of nitrogens with zero attached hydrogens (tertiary/aromatic N) is 2. The number of hydrogen-bond acceptors (Lipinski definition) is 3. The second-order valence-corrected chi connectivity index (χ2v) is 5.22. The average Bonchev–Trinajstić information content (AvgIpc) is 2.74. The zero-order chi connectivity index (χ0) is 12.1. The molecule has 1 saturated heterocycles. The van der Waals surface area contributed by atoms with Crippen molar-refractivity contribution in [2.75, 3.05) is 25.0 Å². The number of piperidine rings is 1. The molecule has 0 spiro atoms. The summed E-state index contributed by atoms with van der Waals surface area (Å²) in [5.41, 5.74) is 0.428. The molecule has 0 bridgehead atoms. The molecule has 2 rings (SSSR count). The smallest absolute Gasteiger partial charge is 0.123 e. The van der Waals surface area contributed by atoms with Crippen LogP contribution >= 0.6 is 0 Å². The van der Waals surface area contributed by atoms with E-state index in [2.05, 4.69) is 22.7 Å². The van der Waals surface area contributed by atoms with Gasteiger partial charge in [-0.2, -0.15) is 5.10 Å². The van der Waals surface area contributed by atoms with Crippen LogP contribution in [0.5, 0.6) is 0 Å². The third kappa shape index (κ3) is 3.00. The molecule has 0 saturated carbocycles. The van der Waals surface area contributed by atoms with E-state index in [-0.39, 0.29) is 0 Å². The maximum Gasteiger partial charge on any atom is 0.123 e. The number of aryl methyl sites for hydroxylation is 1. The van der Waals surface area contributed by atoms with Gasteiger partial charge in [0.2, 0.25) is 0 Å². The zero-order valence-corrected chi connectivity index (χ0v) is 11.0. The van der Waals surface area contributed by atoms with Crippen LogP contribution in [-0.2, 0) is 7.05 Å². The topological polar surface area (TPSA) is 41.9 Å². The lowest BCUT2D eigenvalue weighted by molar-refractivity contribution is 0.205. The molecule has 1 aromatic heterocycles. The van der Waals surface area contributed by atoms with Gasteiger partial charge in [0.25, 0.3) is 0 Å². The fourth-order valence-electron chi connectivity index (χ4n) is 2.84. The number of aromatic nitrogens is 2. The van der Waals surface area contributed by atoms with E-state index in [9.17, 15) is 0 Å². The Morgan fingerprint density at radius 3 is 3.06 bits per heavy atom. The second kappa shape index (κ2) is 5.54. The molecular weight excluding hydrogens is 212 g/mol. The van der Waals surface area contributed by atoms with E-state index in [0.29, 0.717) is 5.41 Å². The molecule has 17 heavy (non-hydrogen) atoms. The minimum absolute atomic E-state index is 0.428. The minimum atomic E-state index is 0.428. The fraction of sp³-hybridized carbons (Fsp3) is 0.769. The van der Waals surface area contributed by atoms with E-state index in [4.69, 9.17) is 0 Å². The summed E-state index contributed by atoms with van der Waals surface area (Å²) in [5, 5.41) is 11.3. The van der Waals surface area contributed by atoms with Gasteiger partial charge in [-0.15, -0.1) is 0 Å². The number of hydrogen-bond donors (Lipinski definition) is 2. The first-order valence-corrected chi connectivity index (χ1v) is 6.68. The Hall–Kier alpha value is -1.03. The molecule has 1 aromatic rings. The SMILES string of the molecule is CCCC1(CNc2ccnn2C)CCCNC1. The van der Waals surface area contributed by atoms with E-state index in [1.807, 2.05) is 24.0 Å². The van der Waals surface area contributed by atoms with Crippen LogP contribution in [0, 0.1) is 5.41 Å². The average molecular weight is 236 g/mol. The molecule has 0 radical (unpaired) electrons. The molecule has 1 aliphatic heterocycles. The lowest BCUT2D eigenvalue weighted by atomic mass is 9.77. The molecule has 96 valence electrons. The quantitative estimate of drug-likeness (QED) is 0.821. The monoisotopic (exact) mass is 236 g/mol. The first kappa shape index (κ1) is 12.4. The van der Waals surface area contributed by atoms with Gasteiger partial charge in [0.1, 0.15) is 5.82 Å². The normalized spacial score (nSPS) is 24.8. The highest BCUT2D eigenvalue weighted by Gasteiger charge is 2.30. The van der Waals surface area contributed by atoms with E-state index in [1.165, 1.54) is 32.2 Å². The van der Waals surface area contributed by atoms with Crippen LogP contribution in [0.15, 0.2) is 12.3 Å². The molecule has 2 N–H and O–H groups in total. The van der Waals surface area contributed by atoms with Gasteiger partial charge in [0.05, 0.1) is 6.20 Å².